The molecule has 0 spiro atoms. The molecular formula is C12H25LiN2O3. The third-order valence-electron chi connectivity index (χ3n) is 3.22. The summed E-state index contributed by atoms with van der Waals surface area (Å²) in [6.07, 6.45) is -0.149. The van der Waals surface area contributed by atoms with Gasteiger partial charge in [-0.15, -0.1) is 0 Å². The minimum absolute atomic E-state index is 0. The van der Waals surface area contributed by atoms with Crippen LogP contribution in [0.25, 0.3) is 0 Å². The zero-order chi connectivity index (χ0) is 13.8. The van der Waals surface area contributed by atoms with E-state index in [9.17, 15) is 9.59 Å². The van der Waals surface area contributed by atoms with E-state index in [1.54, 1.807) is 20.9 Å². The van der Waals surface area contributed by atoms with Crippen LogP contribution in [0.15, 0.2) is 0 Å². The number of hydrogen-bond acceptors (Lipinski definition) is 4. The number of ketones is 1. The van der Waals surface area contributed by atoms with Crippen molar-refractivity contribution in [2.24, 2.45) is 17.6 Å². The van der Waals surface area contributed by atoms with Crippen LogP contribution in [0.5, 0.6) is 0 Å². The van der Waals surface area contributed by atoms with Crippen LogP contribution < -0.4 is 29.9 Å². The summed E-state index contributed by atoms with van der Waals surface area (Å²) in [6, 6.07) is -0.351. The van der Waals surface area contributed by atoms with Gasteiger partial charge in [0.1, 0.15) is 5.54 Å². The first-order valence-electron chi connectivity index (χ1n) is 5.89. The van der Waals surface area contributed by atoms with Gasteiger partial charge in [0.25, 0.3) is 0 Å². The van der Waals surface area contributed by atoms with E-state index >= 15 is 0 Å². The van der Waals surface area contributed by atoms with E-state index in [2.05, 4.69) is 5.32 Å². The average Bonchev–Trinajstić information content (AvgIpc) is 2.16. The van der Waals surface area contributed by atoms with Gasteiger partial charge in [-0.2, -0.15) is 0 Å². The number of likely N-dealkylation sites (N-methyl/N-ethyl adjacent to an activating group) is 1. The van der Waals surface area contributed by atoms with Crippen LogP contribution in [-0.4, -0.2) is 35.5 Å². The molecule has 2 atom stereocenters. The maximum atomic E-state index is 12.0. The van der Waals surface area contributed by atoms with Crippen LogP contribution in [0, 0.1) is 11.8 Å². The fourth-order valence-electron chi connectivity index (χ4n) is 1.79. The van der Waals surface area contributed by atoms with E-state index in [-0.39, 0.29) is 50.4 Å². The van der Waals surface area contributed by atoms with E-state index in [0.717, 1.165) is 0 Å². The molecule has 0 fully saturated rings. The Hall–Kier alpha value is -0.343. The predicted molar refractivity (Wildman–Crippen MR) is 67.8 cm³/mol. The third kappa shape index (κ3) is 4.73. The fraction of sp³-hybridized carbons (Fsp3) is 0.833. The topological polar surface area (TPSA) is 92.4 Å². The molecule has 6 heteroatoms. The minimum Gasteiger partial charge on any atom is -1.00 e. The summed E-state index contributed by atoms with van der Waals surface area (Å²) >= 11 is 0. The van der Waals surface area contributed by atoms with Crippen molar-refractivity contribution in [2.75, 3.05) is 7.05 Å². The molecular weight excluding hydrogens is 227 g/mol. The van der Waals surface area contributed by atoms with Crippen molar-refractivity contribution >= 4 is 11.8 Å². The molecule has 5 nitrogen and oxygen atoms in total. The summed E-state index contributed by atoms with van der Waals surface area (Å²) in [7, 11) is 1.69. The molecule has 0 bridgehead atoms. The van der Waals surface area contributed by atoms with Crippen LogP contribution in [-0.2, 0) is 9.59 Å². The van der Waals surface area contributed by atoms with E-state index < -0.39 is 11.5 Å². The van der Waals surface area contributed by atoms with Gasteiger partial charge in [0.05, 0.1) is 6.04 Å². The summed E-state index contributed by atoms with van der Waals surface area (Å²) in [5.74, 6) is -1.47. The second kappa shape index (κ2) is 7.95. The maximum absolute atomic E-state index is 12.0. The normalized spacial score (nSPS) is 16.0. The first-order chi connectivity index (χ1) is 7.66. The molecule has 4 N–H and O–H groups in total. The molecule has 0 aromatic rings. The predicted octanol–water partition coefficient (Wildman–Crippen LogP) is -2.26. The Balaban J connectivity index is -0.00000128. The standard InChI is InChI=1S/C12H24N2O3.Li.H/c1-7(2)10(14-5)9(15)6-12(13,8(3)4)11(16)17;;/h7-8,10,14H,6,13H2,1-5H3,(H,16,17);;/q;+1;-1. The first kappa shape index (κ1) is 20.0. The number of aliphatic carboxylic acids is 1. The molecule has 0 rings (SSSR count). The van der Waals surface area contributed by atoms with Crippen LogP contribution in [0.3, 0.4) is 0 Å². The fourth-order valence-corrected chi connectivity index (χ4v) is 1.79. The molecule has 0 heterocycles. The van der Waals surface area contributed by atoms with Gasteiger partial charge in [0.2, 0.25) is 0 Å². The van der Waals surface area contributed by atoms with Crippen molar-refractivity contribution < 1.29 is 35.0 Å². The SMILES string of the molecule is CNC(C(=O)CC(N)(C(=O)O)C(C)C)C(C)C.[H-].[Li+]. The van der Waals surface area contributed by atoms with Gasteiger partial charge in [-0.3, -0.25) is 9.59 Å². The number of rotatable bonds is 7. The number of Topliss-reactive ketones (excluding diaryl/α,β-unsaturated/α-hetero) is 1. The molecule has 0 aliphatic heterocycles. The second-order valence-electron chi connectivity index (χ2n) is 5.15. The van der Waals surface area contributed by atoms with Crippen LogP contribution in [0.1, 0.15) is 35.5 Å². The summed E-state index contributed by atoms with van der Waals surface area (Å²) in [5.41, 5.74) is 4.34. The smallest absolute Gasteiger partial charge is 1.00 e. The van der Waals surface area contributed by atoms with E-state index in [4.69, 9.17) is 10.8 Å². The third-order valence-corrected chi connectivity index (χ3v) is 3.22. The van der Waals surface area contributed by atoms with Crippen molar-refractivity contribution in [2.45, 2.75) is 45.7 Å². The largest absolute Gasteiger partial charge is 1.00 e. The molecule has 0 saturated heterocycles. The average molecular weight is 252 g/mol. The molecule has 0 amide bonds. The molecule has 0 aliphatic carbocycles. The molecule has 102 valence electrons. The second-order valence-corrected chi connectivity index (χ2v) is 5.15. The molecule has 0 saturated carbocycles. The Morgan fingerprint density at radius 3 is 2.00 bits per heavy atom. The number of carbonyl (C=O) groups excluding carboxylic acids is 1. The monoisotopic (exact) mass is 252 g/mol. The number of nitrogens with two attached hydrogens (primary N) is 1. The van der Waals surface area contributed by atoms with Gasteiger partial charge in [-0.1, -0.05) is 27.7 Å². The molecule has 0 aliphatic rings. The molecule has 2 unspecified atom stereocenters. The zero-order valence-electron chi connectivity index (χ0n) is 13.3. The summed E-state index contributed by atoms with van der Waals surface area (Å²) in [5, 5.41) is 12.1. The molecule has 0 radical (unpaired) electrons. The van der Waals surface area contributed by atoms with Crippen LogP contribution >= 0.6 is 0 Å². The summed E-state index contributed by atoms with van der Waals surface area (Å²) < 4.78 is 0. The Bertz CT molecular complexity index is 301. The number of carboxylic acid groups (broad SMARTS) is 1. The maximum Gasteiger partial charge on any atom is 1.00 e. The number of nitrogens with one attached hydrogen (secondary N) is 1. The van der Waals surface area contributed by atoms with Crippen molar-refractivity contribution in [3.8, 4) is 0 Å². The van der Waals surface area contributed by atoms with Crippen molar-refractivity contribution in [3.05, 3.63) is 0 Å². The van der Waals surface area contributed by atoms with E-state index in [1.165, 1.54) is 0 Å². The number of hydrogen-bond donors (Lipinski definition) is 3. The molecule has 0 aromatic heterocycles. The zero-order valence-corrected chi connectivity index (χ0v) is 12.3. The van der Waals surface area contributed by atoms with Crippen molar-refractivity contribution in [3.63, 3.8) is 0 Å². The van der Waals surface area contributed by atoms with Gasteiger partial charge < -0.3 is 17.6 Å². The van der Waals surface area contributed by atoms with Gasteiger partial charge in [0.15, 0.2) is 5.78 Å². The molecule has 18 heavy (non-hydrogen) atoms. The van der Waals surface area contributed by atoms with E-state index in [0.29, 0.717) is 0 Å². The Kier molecular flexibility index (Phi) is 8.83. The molecule has 0 aromatic carbocycles. The number of carboxylic acids is 1. The van der Waals surface area contributed by atoms with E-state index in [1.807, 2.05) is 13.8 Å². The van der Waals surface area contributed by atoms with Crippen molar-refractivity contribution in [1.29, 1.82) is 0 Å². The Morgan fingerprint density at radius 2 is 1.78 bits per heavy atom. The van der Waals surface area contributed by atoms with Gasteiger partial charge in [-0.05, 0) is 18.9 Å². The number of carbonyl (C=O) groups is 2. The Labute approximate surface area is 123 Å². The summed E-state index contributed by atoms with van der Waals surface area (Å²) in [4.78, 5) is 23.2. The van der Waals surface area contributed by atoms with Crippen LogP contribution in [0.4, 0.5) is 0 Å². The quantitative estimate of drug-likeness (QED) is 0.445. The van der Waals surface area contributed by atoms with Gasteiger partial charge >= 0.3 is 24.8 Å². The summed E-state index contributed by atoms with van der Waals surface area (Å²) in [6.45, 7) is 7.25. The Morgan fingerprint density at radius 1 is 1.33 bits per heavy atom. The van der Waals surface area contributed by atoms with Gasteiger partial charge in [0, 0.05) is 6.42 Å². The minimum atomic E-state index is -1.49. The van der Waals surface area contributed by atoms with Crippen molar-refractivity contribution in [1.82, 2.24) is 5.32 Å². The van der Waals surface area contributed by atoms with Crippen LogP contribution in [0.2, 0.25) is 0 Å². The first-order valence-corrected chi connectivity index (χ1v) is 5.89. The van der Waals surface area contributed by atoms with Gasteiger partial charge in [-0.25, -0.2) is 0 Å².